The SMILES string of the molecule is C[C@@]12CCC(CC3CC3)[C@H](Cc3ccc(O)cc31)[C@H]2NCC1CCNCC1. The summed E-state index contributed by atoms with van der Waals surface area (Å²) < 4.78 is 0. The number of aromatic hydroxyl groups is 1. The molecule has 1 unspecified atom stereocenters. The molecule has 1 aromatic rings. The molecule has 1 saturated heterocycles. The second-order valence-corrected chi connectivity index (χ2v) is 10.2. The summed E-state index contributed by atoms with van der Waals surface area (Å²) in [5.41, 5.74) is 3.09. The molecule has 0 aromatic heterocycles. The van der Waals surface area contributed by atoms with Crippen LogP contribution in [0.15, 0.2) is 18.2 Å². The lowest BCUT2D eigenvalue weighted by Gasteiger charge is -2.55. The van der Waals surface area contributed by atoms with Crippen LogP contribution in [0.4, 0.5) is 0 Å². The first-order chi connectivity index (χ1) is 13.1. The minimum atomic E-state index is 0.171. The maximum absolute atomic E-state index is 10.2. The molecule has 3 aliphatic carbocycles. The maximum Gasteiger partial charge on any atom is 0.115 e. The molecule has 2 bridgehead atoms. The lowest BCUT2D eigenvalue weighted by molar-refractivity contribution is 0.0722. The maximum atomic E-state index is 10.2. The Morgan fingerprint density at radius 3 is 2.70 bits per heavy atom. The van der Waals surface area contributed by atoms with Crippen LogP contribution >= 0.6 is 0 Å². The van der Waals surface area contributed by atoms with Gasteiger partial charge in [0.1, 0.15) is 5.75 Å². The van der Waals surface area contributed by atoms with Crippen LogP contribution in [0.5, 0.6) is 5.75 Å². The van der Waals surface area contributed by atoms with E-state index >= 15 is 0 Å². The first-order valence-electron chi connectivity index (χ1n) is 11.4. The summed E-state index contributed by atoms with van der Waals surface area (Å²) in [7, 11) is 0. The van der Waals surface area contributed by atoms with E-state index in [1.165, 1.54) is 82.1 Å². The van der Waals surface area contributed by atoms with Gasteiger partial charge in [0.05, 0.1) is 0 Å². The third-order valence-corrected chi connectivity index (χ3v) is 8.34. The molecule has 1 heterocycles. The van der Waals surface area contributed by atoms with Crippen molar-refractivity contribution in [3.63, 3.8) is 0 Å². The smallest absolute Gasteiger partial charge is 0.115 e. The van der Waals surface area contributed by atoms with Crippen molar-refractivity contribution < 1.29 is 5.11 Å². The van der Waals surface area contributed by atoms with Crippen LogP contribution in [0.2, 0.25) is 0 Å². The van der Waals surface area contributed by atoms with Crippen molar-refractivity contribution in [3.8, 4) is 5.75 Å². The van der Waals surface area contributed by atoms with Crippen molar-refractivity contribution >= 4 is 0 Å². The molecule has 4 atom stereocenters. The lowest BCUT2D eigenvalue weighted by atomic mass is 9.53. The minimum Gasteiger partial charge on any atom is -0.508 e. The zero-order chi connectivity index (χ0) is 18.4. The highest BCUT2D eigenvalue weighted by Gasteiger charge is 2.51. The highest BCUT2D eigenvalue weighted by molar-refractivity contribution is 5.44. The Labute approximate surface area is 164 Å². The zero-order valence-electron chi connectivity index (χ0n) is 16.8. The van der Waals surface area contributed by atoms with Crippen molar-refractivity contribution in [2.24, 2.45) is 23.7 Å². The normalized spacial score (nSPS) is 36.4. The number of piperidine rings is 1. The largest absolute Gasteiger partial charge is 0.508 e. The standard InChI is InChI=1S/C24H36N2O/c1-24-9-6-18(12-16-2-3-16)21(13-19-4-5-20(27)14-22(19)24)23(24)26-15-17-7-10-25-11-8-17/h4-5,14,16-18,21,23,25-27H,2-3,6-13,15H2,1H3/t18?,21-,23+,24+/m0/s1. The van der Waals surface area contributed by atoms with E-state index < -0.39 is 0 Å². The Hall–Kier alpha value is -1.06. The summed E-state index contributed by atoms with van der Waals surface area (Å²) in [6.45, 7) is 6.01. The highest BCUT2D eigenvalue weighted by Crippen LogP contribution is 2.54. The predicted octanol–water partition coefficient (Wildman–Crippen LogP) is 3.99. The second-order valence-electron chi connectivity index (χ2n) is 10.2. The van der Waals surface area contributed by atoms with Crippen molar-refractivity contribution in [2.75, 3.05) is 19.6 Å². The van der Waals surface area contributed by atoms with Gasteiger partial charge in [-0.25, -0.2) is 0 Å². The number of hydrogen-bond acceptors (Lipinski definition) is 3. The minimum absolute atomic E-state index is 0.171. The van der Waals surface area contributed by atoms with E-state index in [9.17, 15) is 5.11 Å². The summed E-state index contributed by atoms with van der Waals surface area (Å²) >= 11 is 0. The van der Waals surface area contributed by atoms with Crippen LogP contribution in [0.25, 0.3) is 0 Å². The van der Waals surface area contributed by atoms with E-state index in [0.717, 1.165) is 23.7 Å². The quantitative estimate of drug-likeness (QED) is 0.736. The molecule has 3 nitrogen and oxygen atoms in total. The van der Waals surface area contributed by atoms with Gasteiger partial charge in [-0.1, -0.05) is 25.8 Å². The molecule has 0 spiro atoms. The first kappa shape index (κ1) is 18.0. The molecule has 4 aliphatic rings. The van der Waals surface area contributed by atoms with Crippen molar-refractivity contribution in [1.82, 2.24) is 10.6 Å². The van der Waals surface area contributed by atoms with E-state index in [1.807, 2.05) is 6.07 Å². The van der Waals surface area contributed by atoms with Gasteiger partial charge in [0.2, 0.25) is 0 Å². The van der Waals surface area contributed by atoms with Gasteiger partial charge in [-0.2, -0.15) is 0 Å². The van der Waals surface area contributed by atoms with Crippen molar-refractivity contribution in [2.45, 2.75) is 69.7 Å². The molecular weight excluding hydrogens is 332 g/mol. The lowest BCUT2D eigenvalue weighted by Crippen LogP contribution is -2.60. The van der Waals surface area contributed by atoms with E-state index in [-0.39, 0.29) is 5.41 Å². The molecule has 3 N–H and O–H groups in total. The predicted molar refractivity (Wildman–Crippen MR) is 110 cm³/mol. The summed E-state index contributed by atoms with van der Waals surface area (Å²) in [5, 5.41) is 17.8. The van der Waals surface area contributed by atoms with Gasteiger partial charge in [-0.3, -0.25) is 0 Å². The van der Waals surface area contributed by atoms with Gasteiger partial charge >= 0.3 is 0 Å². The van der Waals surface area contributed by atoms with E-state index in [0.29, 0.717) is 11.8 Å². The van der Waals surface area contributed by atoms with Crippen molar-refractivity contribution in [3.05, 3.63) is 29.3 Å². The number of phenols is 1. The molecule has 0 amide bonds. The molecule has 3 heteroatoms. The molecular formula is C24H36N2O. The third-order valence-electron chi connectivity index (χ3n) is 8.34. The van der Waals surface area contributed by atoms with E-state index in [4.69, 9.17) is 0 Å². The fraction of sp³-hybridized carbons (Fsp3) is 0.750. The Balaban J connectivity index is 1.42. The molecule has 0 radical (unpaired) electrons. The number of hydrogen-bond donors (Lipinski definition) is 3. The molecule has 2 saturated carbocycles. The van der Waals surface area contributed by atoms with Gasteiger partial charge in [0.15, 0.2) is 0 Å². The molecule has 3 fully saturated rings. The Morgan fingerprint density at radius 2 is 1.93 bits per heavy atom. The highest BCUT2D eigenvalue weighted by atomic mass is 16.3. The average molecular weight is 369 g/mol. The van der Waals surface area contributed by atoms with Crippen LogP contribution in [0, 0.1) is 23.7 Å². The summed E-state index contributed by atoms with van der Waals surface area (Å²) in [6, 6.07) is 6.75. The number of fused-ring (bicyclic) bond motifs is 4. The van der Waals surface area contributed by atoms with Gasteiger partial charge < -0.3 is 15.7 Å². The number of rotatable bonds is 5. The molecule has 1 aliphatic heterocycles. The van der Waals surface area contributed by atoms with Crippen LogP contribution in [0.1, 0.15) is 63.0 Å². The van der Waals surface area contributed by atoms with Gasteiger partial charge in [0, 0.05) is 11.5 Å². The molecule has 5 rings (SSSR count). The van der Waals surface area contributed by atoms with Crippen molar-refractivity contribution in [1.29, 1.82) is 0 Å². The van der Waals surface area contributed by atoms with Crippen LogP contribution in [0.3, 0.4) is 0 Å². The van der Waals surface area contributed by atoms with Crippen LogP contribution in [-0.2, 0) is 11.8 Å². The van der Waals surface area contributed by atoms with Gasteiger partial charge in [-0.15, -0.1) is 0 Å². The topological polar surface area (TPSA) is 44.3 Å². The van der Waals surface area contributed by atoms with Gasteiger partial charge in [0.25, 0.3) is 0 Å². The number of benzene rings is 1. The molecule has 148 valence electrons. The fourth-order valence-electron chi connectivity index (χ4n) is 6.54. The fourth-order valence-corrected chi connectivity index (χ4v) is 6.54. The van der Waals surface area contributed by atoms with Gasteiger partial charge in [-0.05, 0) is 105 Å². The van der Waals surface area contributed by atoms with E-state index in [1.54, 1.807) is 0 Å². The summed E-state index contributed by atoms with van der Waals surface area (Å²) in [4.78, 5) is 0. The Bertz CT molecular complexity index is 679. The monoisotopic (exact) mass is 368 g/mol. The second kappa shape index (κ2) is 7.08. The number of nitrogens with one attached hydrogen (secondary N) is 2. The Morgan fingerprint density at radius 1 is 1.11 bits per heavy atom. The average Bonchev–Trinajstić information content (AvgIpc) is 3.49. The summed E-state index contributed by atoms with van der Waals surface area (Å²) in [6.07, 6.45) is 10.9. The summed E-state index contributed by atoms with van der Waals surface area (Å²) in [5.74, 6) is 3.93. The Kier molecular flexibility index (Phi) is 4.72. The van der Waals surface area contributed by atoms with Crippen LogP contribution < -0.4 is 10.6 Å². The molecule has 27 heavy (non-hydrogen) atoms. The first-order valence-corrected chi connectivity index (χ1v) is 11.4. The van der Waals surface area contributed by atoms with Crippen LogP contribution in [-0.4, -0.2) is 30.8 Å². The van der Waals surface area contributed by atoms with E-state index in [2.05, 4.69) is 29.7 Å². The third kappa shape index (κ3) is 3.42. The number of phenolic OH excluding ortho intramolecular Hbond substituents is 1. The molecule has 1 aromatic carbocycles. The zero-order valence-corrected chi connectivity index (χ0v) is 16.8.